The van der Waals surface area contributed by atoms with Crippen molar-refractivity contribution in [3.8, 4) is 0 Å². The maximum absolute atomic E-state index is 12.4. The molecule has 0 saturated carbocycles. The molecule has 1 aromatic rings. The average Bonchev–Trinajstić information content (AvgIpc) is 2.59. The van der Waals surface area contributed by atoms with E-state index in [4.69, 9.17) is 4.74 Å². The Labute approximate surface area is 169 Å². The van der Waals surface area contributed by atoms with E-state index in [-0.39, 0.29) is 11.6 Å². The molecule has 0 heterocycles. The lowest BCUT2D eigenvalue weighted by molar-refractivity contribution is -0.384. The fourth-order valence-electron chi connectivity index (χ4n) is 2.39. The van der Waals surface area contributed by atoms with Crippen LogP contribution in [-0.4, -0.2) is 41.0 Å². The first kappa shape index (κ1) is 23.9. The number of nitrogens with one attached hydrogen (secondary N) is 3. The van der Waals surface area contributed by atoms with Crippen molar-refractivity contribution in [2.24, 2.45) is 0 Å². The molecule has 1 rings (SSSR count). The van der Waals surface area contributed by atoms with E-state index in [1.807, 2.05) is 0 Å². The smallest absolute Gasteiger partial charge is 0.407 e. The number of nitrogens with zero attached hydrogens (tertiary/aromatic N) is 1. The number of rotatable bonds is 9. The number of amides is 3. The molecular weight excluding hydrogens is 380 g/mol. The van der Waals surface area contributed by atoms with E-state index in [9.17, 15) is 24.5 Å². The van der Waals surface area contributed by atoms with Crippen LogP contribution < -0.4 is 16.0 Å². The molecule has 0 aliphatic rings. The molecule has 0 aliphatic heterocycles. The minimum atomic E-state index is -0.760. The fraction of sp³-hybridized carbons (Fsp3) is 0.526. The number of ether oxygens (including phenoxy) is 1. The summed E-state index contributed by atoms with van der Waals surface area (Å²) in [5.41, 5.74) is -0.266. The van der Waals surface area contributed by atoms with Gasteiger partial charge in [-0.25, -0.2) is 4.79 Å². The van der Waals surface area contributed by atoms with E-state index in [2.05, 4.69) is 16.0 Å². The molecule has 1 atom stereocenters. The minimum Gasteiger partial charge on any atom is -0.444 e. The van der Waals surface area contributed by atoms with Gasteiger partial charge in [0.15, 0.2) is 0 Å². The Morgan fingerprint density at radius 3 is 2.28 bits per heavy atom. The summed E-state index contributed by atoms with van der Waals surface area (Å²) in [6.45, 7) is 7.01. The van der Waals surface area contributed by atoms with Crippen molar-refractivity contribution in [2.45, 2.75) is 58.6 Å². The summed E-state index contributed by atoms with van der Waals surface area (Å²) in [5.74, 6) is -0.769. The number of hydrogen-bond donors (Lipinski definition) is 3. The van der Waals surface area contributed by atoms with Gasteiger partial charge < -0.3 is 20.7 Å². The van der Waals surface area contributed by atoms with E-state index in [1.165, 1.54) is 31.2 Å². The Bertz CT molecular complexity index is 727. The predicted octanol–water partition coefficient (Wildman–Crippen LogP) is 2.73. The largest absolute Gasteiger partial charge is 0.444 e. The highest BCUT2D eigenvalue weighted by atomic mass is 16.6. The van der Waals surface area contributed by atoms with Gasteiger partial charge in [0.25, 0.3) is 5.69 Å². The molecule has 0 bridgehead atoms. The Hall–Kier alpha value is -3.17. The van der Waals surface area contributed by atoms with Crippen LogP contribution in [0.2, 0.25) is 0 Å². The van der Waals surface area contributed by atoms with Crippen LogP contribution in [0.15, 0.2) is 24.3 Å². The van der Waals surface area contributed by atoms with Crippen LogP contribution in [0.5, 0.6) is 0 Å². The third-order valence-electron chi connectivity index (χ3n) is 3.63. The molecule has 0 saturated heterocycles. The Balaban J connectivity index is 2.50. The number of hydrogen-bond acceptors (Lipinski definition) is 6. The standard InChI is InChI=1S/C19H28N4O6/c1-13(24)21-16(7-5-6-12-20-18(26)29-19(2,3)4)17(25)22-14-8-10-15(11-9-14)23(27)28/h8-11,16H,5-7,12H2,1-4H3,(H,20,26)(H,21,24)(H,22,25). The van der Waals surface area contributed by atoms with E-state index < -0.39 is 28.6 Å². The maximum atomic E-state index is 12.4. The molecule has 10 heteroatoms. The third kappa shape index (κ3) is 10.1. The van der Waals surface area contributed by atoms with E-state index >= 15 is 0 Å². The first-order valence-corrected chi connectivity index (χ1v) is 9.27. The van der Waals surface area contributed by atoms with Crippen LogP contribution in [0.3, 0.4) is 0 Å². The maximum Gasteiger partial charge on any atom is 0.407 e. The highest BCUT2D eigenvalue weighted by molar-refractivity contribution is 5.97. The number of unbranched alkanes of at least 4 members (excludes halogenated alkanes) is 1. The molecule has 0 radical (unpaired) electrons. The van der Waals surface area contributed by atoms with E-state index in [0.29, 0.717) is 31.5 Å². The molecular formula is C19H28N4O6. The Kier molecular flexibility index (Phi) is 9.04. The van der Waals surface area contributed by atoms with Crippen LogP contribution in [0.1, 0.15) is 47.0 Å². The number of non-ortho nitro benzene ring substituents is 1. The Morgan fingerprint density at radius 2 is 1.76 bits per heavy atom. The average molecular weight is 408 g/mol. The monoisotopic (exact) mass is 408 g/mol. The van der Waals surface area contributed by atoms with Crippen molar-refractivity contribution in [1.82, 2.24) is 10.6 Å². The second-order valence-corrected chi connectivity index (χ2v) is 7.47. The van der Waals surface area contributed by atoms with Gasteiger partial charge in [0.2, 0.25) is 11.8 Å². The summed E-state index contributed by atoms with van der Waals surface area (Å²) in [4.78, 5) is 45.6. The molecule has 0 aromatic heterocycles. The quantitative estimate of drug-likeness (QED) is 0.326. The zero-order valence-electron chi connectivity index (χ0n) is 17.1. The zero-order chi connectivity index (χ0) is 22.0. The molecule has 3 amide bonds. The molecule has 0 spiro atoms. The molecule has 1 aromatic carbocycles. The summed E-state index contributed by atoms with van der Waals surface area (Å²) in [6.07, 6.45) is 1.04. The van der Waals surface area contributed by atoms with Gasteiger partial charge in [-0.2, -0.15) is 0 Å². The van der Waals surface area contributed by atoms with Gasteiger partial charge in [-0.3, -0.25) is 19.7 Å². The summed E-state index contributed by atoms with van der Waals surface area (Å²) in [6, 6.07) is 4.65. The molecule has 160 valence electrons. The second-order valence-electron chi connectivity index (χ2n) is 7.47. The van der Waals surface area contributed by atoms with Gasteiger partial charge in [-0.15, -0.1) is 0 Å². The van der Waals surface area contributed by atoms with Crippen molar-refractivity contribution in [3.63, 3.8) is 0 Å². The van der Waals surface area contributed by atoms with Crippen LogP contribution in [0, 0.1) is 10.1 Å². The van der Waals surface area contributed by atoms with Crippen LogP contribution >= 0.6 is 0 Å². The molecule has 1 unspecified atom stereocenters. The predicted molar refractivity (Wildman–Crippen MR) is 107 cm³/mol. The number of carbonyl (C=O) groups excluding carboxylic acids is 3. The molecule has 0 aliphatic carbocycles. The van der Waals surface area contributed by atoms with Crippen molar-refractivity contribution in [1.29, 1.82) is 0 Å². The van der Waals surface area contributed by atoms with Crippen LogP contribution in [0.25, 0.3) is 0 Å². The summed E-state index contributed by atoms with van der Waals surface area (Å²) < 4.78 is 5.13. The minimum absolute atomic E-state index is 0.0844. The molecule has 0 fully saturated rings. The van der Waals surface area contributed by atoms with Gasteiger partial charge >= 0.3 is 6.09 Å². The first-order valence-electron chi connectivity index (χ1n) is 9.27. The number of carbonyl (C=O) groups is 3. The number of anilines is 1. The number of alkyl carbamates (subject to hydrolysis) is 1. The van der Waals surface area contributed by atoms with Crippen LogP contribution in [0.4, 0.5) is 16.2 Å². The lowest BCUT2D eigenvalue weighted by Gasteiger charge is -2.20. The highest BCUT2D eigenvalue weighted by Gasteiger charge is 2.20. The Morgan fingerprint density at radius 1 is 1.14 bits per heavy atom. The number of nitro groups is 1. The summed E-state index contributed by atoms with van der Waals surface area (Å²) in [7, 11) is 0. The first-order chi connectivity index (χ1) is 13.5. The van der Waals surface area contributed by atoms with Crippen molar-refractivity contribution in [2.75, 3.05) is 11.9 Å². The molecule has 29 heavy (non-hydrogen) atoms. The van der Waals surface area contributed by atoms with E-state index in [0.717, 1.165) is 0 Å². The highest BCUT2D eigenvalue weighted by Crippen LogP contribution is 2.16. The fourth-order valence-corrected chi connectivity index (χ4v) is 2.39. The van der Waals surface area contributed by atoms with Crippen molar-refractivity contribution >= 4 is 29.3 Å². The third-order valence-corrected chi connectivity index (χ3v) is 3.63. The topological polar surface area (TPSA) is 140 Å². The molecule has 3 N–H and O–H groups in total. The zero-order valence-corrected chi connectivity index (χ0v) is 17.1. The van der Waals surface area contributed by atoms with Gasteiger partial charge in [0, 0.05) is 31.3 Å². The number of nitro benzene ring substituents is 1. The summed E-state index contributed by atoms with van der Waals surface area (Å²) in [5, 5.41) is 18.5. The molecule has 10 nitrogen and oxygen atoms in total. The van der Waals surface area contributed by atoms with Crippen molar-refractivity contribution in [3.05, 3.63) is 34.4 Å². The number of benzene rings is 1. The lowest BCUT2D eigenvalue weighted by Crippen LogP contribution is -2.43. The van der Waals surface area contributed by atoms with Gasteiger partial charge in [-0.05, 0) is 52.2 Å². The summed E-state index contributed by atoms with van der Waals surface area (Å²) >= 11 is 0. The second kappa shape index (κ2) is 11.0. The SMILES string of the molecule is CC(=O)NC(CCCCNC(=O)OC(C)(C)C)C(=O)Nc1ccc([N+](=O)[O-])cc1. The van der Waals surface area contributed by atoms with Crippen LogP contribution in [-0.2, 0) is 14.3 Å². The van der Waals surface area contributed by atoms with Gasteiger partial charge in [-0.1, -0.05) is 0 Å². The van der Waals surface area contributed by atoms with Gasteiger partial charge in [0.1, 0.15) is 11.6 Å². The normalized spacial score (nSPS) is 11.9. The lowest BCUT2D eigenvalue weighted by atomic mass is 10.1. The van der Waals surface area contributed by atoms with Crippen molar-refractivity contribution < 1.29 is 24.0 Å². The van der Waals surface area contributed by atoms with Gasteiger partial charge in [0.05, 0.1) is 4.92 Å². The van der Waals surface area contributed by atoms with E-state index in [1.54, 1.807) is 20.8 Å².